The Balaban J connectivity index is 1.87. The molecule has 0 saturated heterocycles. The van der Waals surface area contributed by atoms with Crippen LogP contribution in [0.5, 0.6) is 0 Å². The van der Waals surface area contributed by atoms with E-state index in [9.17, 15) is 10.2 Å². The Morgan fingerprint density at radius 1 is 1.03 bits per heavy atom. The monoisotopic (exact) mass is 468 g/mol. The third-order valence-electron chi connectivity index (χ3n) is 5.67. The molecule has 174 valence electrons. The van der Waals surface area contributed by atoms with Crippen molar-refractivity contribution in [2.24, 2.45) is 21.7 Å². The lowest BCUT2D eigenvalue weighted by Gasteiger charge is -2.36. The number of halogens is 2. The summed E-state index contributed by atoms with van der Waals surface area (Å²) in [6, 6.07) is 0. The molecule has 0 aromatic carbocycles. The second-order valence-corrected chi connectivity index (χ2v) is 11.4. The van der Waals surface area contributed by atoms with Gasteiger partial charge in [-0.25, -0.2) is 0 Å². The molecule has 0 saturated carbocycles. The van der Waals surface area contributed by atoms with Crippen LogP contribution in [-0.2, 0) is 0 Å². The number of nitrogens with one attached hydrogen (secondary N) is 1. The number of aliphatic imine (C=N–C) groups is 1. The van der Waals surface area contributed by atoms with Crippen molar-refractivity contribution in [3.05, 3.63) is 46.1 Å². The zero-order chi connectivity index (χ0) is 23.4. The molecule has 31 heavy (non-hydrogen) atoms. The molecule has 6 heteroatoms. The predicted molar refractivity (Wildman–Crippen MR) is 133 cm³/mol. The number of allylic oxidation sites excluding steroid dienone is 4. The van der Waals surface area contributed by atoms with Gasteiger partial charge in [-0.15, -0.1) is 11.6 Å². The standard InChI is InChI=1S/C25H38Cl2N2O2/c1-24(2,3)18-10-16(22(30)20(12-18)25(4,5)6)14-28-8-7-9-29-15-17-11-19(26)13-21(27)23(17)31/h10-14,16,21-23,29-31H,7-9,15H2,1-6H3/b28-14+. The van der Waals surface area contributed by atoms with E-state index in [-0.39, 0.29) is 16.7 Å². The summed E-state index contributed by atoms with van der Waals surface area (Å²) >= 11 is 12.1. The lowest BCUT2D eigenvalue weighted by Crippen LogP contribution is -2.33. The highest BCUT2D eigenvalue weighted by Gasteiger charge is 2.33. The SMILES string of the molecule is CC(C)(C)C1=CC(/C=N/CCCNCC2=CC(Cl)=CC(Cl)C2O)C(O)C(C(C)(C)C)=C1. The molecule has 0 aromatic rings. The van der Waals surface area contributed by atoms with Gasteiger partial charge in [0.25, 0.3) is 0 Å². The normalized spacial score (nSPS) is 27.7. The van der Waals surface area contributed by atoms with Gasteiger partial charge in [-0.3, -0.25) is 4.99 Å². The molecule has 4 nitrogen and oxygen atoms in total. The first-order chi connectivity index (χ1) is 14.3. The summed E-state index contributed by atoms with van der Waals surface area (Å²) in [6.45, 7) is 15.0. The summed E-state index contributed by atoms with van der Waals surface area (Å²) in [5.41, 5.74) is 3.01. The Bertz CT molecular complexity index is 782. The molecule has 0 amide bonds. The van der Waals surface area contributed by atoms with Crippen molar-refractivity contribution in [1.82, 2.24) is 5.32 Å². The van der Waals surface area contributed by atoms with E-state index in [2.05, 4.69) is 64.0 Å². The highest BCUT2D eigenvalue weighted by molar-refractivity contribution is 6.32. The summed E-state index contributed by atoms with van der Waals surface area (Å²) in [5.74, 6) is -0.112. The fraction of sp³-hybridized carbons (Fsp3) is 0.640. The molecule has 2 aliphatic rings. The largest absolute Gasteiger partial charge is 0.388 e. The molecule has 0 fully saturated rings. The first-order valence-electron chi connectivity index (χ1n) is 11.0. The molecule has 0 aromatic heterocycles. The van der Waals surface area contributed by atoms with Crippen LogP contribution in [0.4, 0.5) is 0 Å². The van der Waals surface area contributed by atoms with Gasteiger partial charge in [0.1, 0.15) is 0 Å². The number of alkyl halides is 1. The molecule has 0 heterocycles. The molecule has 4 atom stereocenters. The third-order valence-corrected chi connectivity index (χ3v) is 6.27. The lowest BCUT2D eigenvalue weighted by atomic mass is 9.71. The number of aliphatic hydroxyl groups is 2. The van der Waals surface area contributed by atoms with Crippen molar-refractivity contribution in [1.29, 1.82) is 0 Å². The molecule has 0 radical (unpaired) electrons. The molecule has 3 N–H and O–H groups in total. The number of aliphatic hydroxyl groups excluding tert-OH is 2. The zero-order valence-electron chi connectivity index (χ0n) is 19.6. The minimum absolute atomic E-state index is 0.0190. The van der Waals surface area contributed by atoms with Gasteiger partial charge >= 0.3 is 0 Å². The van der Waals surface area contributed by atoms with Gasteiger partial charge in [0.2, 0.25) is 0 Å². The summed E-state index contributed by atoms with van der Waals surface area (Å²) in [5, 5.41) is 24.4. The van der Waals surface area contributed by atoms with Gasteiger partial charge < -0.3 is 15.5 Å². The summed E-state index contributed by atoms with van der Waals surface area (Å²) in [7, 11) is 0. The highest BCUT2D eigenvalue weighted by atomic mass is 35.5. The van der Waals surface area contributed by atoms with Crippen molar-refractivity contribution in [3.63, 3.8) is 0 Å². The Hall–Kier alpha value is -0.910. The van der Waals surface area contributed by atoms with E-state index in [0.29, 0.717) is 18.1 Å². The van der Waals surface area contributed by atoms with Crippen molar-refractivity contribution in [3.8, 4) is 0 Å². The third kappa shape index (κ3) is 7.57. The smallest absolute Gasteiger partial charge is 0.0965 e. The number of rotatable bonds is 7. The van der Waals surface area contributed by atoms with E-state index in [1.807, 2.05) is 6.21 Å². The first kappa shape index (κ1) is 26.3. The minimum Gasteiger partial charge on any atom is -0.388 e. The Morgan fingerprint density at radius 3 is 2.32 bits per heavy atom. The van der Waals surface area contributed by atoms with Crippen molar-refractivity contribution < 1.29 is 10.2 Å². The molecular weight excluding hydrogens is 431 g/mol. The van der Waals surface area contributed by atoms with Crippen LogP contribution in [0.1, 0.15) is 48.0 Å². The summed E-state index contributed by atoms with van der Waals surface area (Å²) in [6.07, 6.45) is 9.22. The van der Waals surface area contributed by atoms with Crippen LogP contribution >= 0.6 is 23.2 Å². The van der Waals surface area contributed by atoms with Gasteiger partial charge in [0.05, 0.1) is 17.6 Å². The van der Waals surface area contributed by atoms with Crippen LogP contribution in [-0.4, -0.2) is 53.6 Å². The van der Waals surface area contributed by atoms with E-state index in [1.165, 1.54) is 5.57 Å². The lowest BCUT2D eigenvalue weighted by molar-refractivity contribution is 0.164. The summed E-state index contributed by atoms with van der Waals surface area (Å²) in [4.78, 5) is 4.59. The second-order valence-electron chi connectivity index (χ2n) is 10.5. The van der Waals surface area contributed by atoms with E-state index >= 15 is 0 Å². The second kappa shape index (κ2) is 10.8. The molecule has 4 unspecified atom stereocenters. The molecule has 2 aliphatic carbocycles. The number of nitrogens with zero attached hydrogens (tertiary/aromatic N) is 1. The predicted octanol–water partition coefficient (Wildman–Crippen LogP) is 5.00. The number of hydrogen-bond donors (Lipinski definition) is 3. The van der Waals surface area contributed by atoms with Gasteiger partial charge in [0.15, 0.2) is 0 Å². The van der Waals surface area contributed by atoms with E-state index in [4.69, 9.17) is 23.2 Å². The van der Waals surface area contributed by atoms with Crippen molar-refractivity contribution in [2.75, 3.05) is 19.6 Å². The first-order valence-corrected chi connectivity index (χ1v) is 11.8. The van der Waals surface area contributed by atoms with Gasteiger partial charge in [0, 0.05) is 30.3 Å². The Labute approximate surface area is 197 Å². The molecule has 2 rings (SSSR count). The molecular formula is C25H38Cl2N2O2. The van der Waals surface area contributed by atoms with Crippen LogP contribution in [0.25, 0.3) is 0 Å². The Morgan fingerprint density at radius 2 is 1.71 bits per heavy atom. The van der Waals surface area contributed by atoms with Gasteiger partial charge in [-0.05, 0) is 52.7 Å². The maximum absolute atomic E-state index is 10.9. The van der Waals surface area contributed by atoms with Gasteiger partial charge in [-0.2, -0.15) is 0 Å². The van der Waals surface area contributed by atoms with Crippen LogP contribution in [0.15, 0.2) is 51.0 Å². The van der Waals surface area contributed by atoms with E-state index in [1.54, 1.807) is 12.2 Å². The quantitative estimate of drug-likeness (QED) is 0.279. The number of hydrogen-bond acceptors (Lipinski definition) is 4. The maximum atomic E-state index is 10.9. The van der Waals surface area contributed by atoms with Crippen LogP contribution < -0.4 is 5.32 Å². The molecule has 0 bridgehead atoms. The Kier molecular flexibility index (Phi) is 9.18. The average Bonchev–Trinajstić information content (AvgIpc) is 2.63. The summed E-state index contributed by atoms with van der Waals surface area (Å²) < 4.78 is 0. The van der Waals surface area contributed by atoms with Crippen LogP contribution in [0.2, 0.25) is 0 Å². The highest BCUT2D eigenvalue weighted by Crippen LogP contribution is 2.40. The van der Waals surface area contributed by atoms with Crippen LogP contribution in [0, 0.1) is 16.7 Å². The van der Waals surface area contributed by atoms with Crippen molar-refractivity contribution in [2.45, 2.75) is 65.5 Å². The maximum Gasteiger partial charge on any atom is 0.0965 e. The van der Waals surface area contributed by atoms with Crippen molar-refractivity contribution >= 4 is 29.4 Å². The van der Waals surface area contributed by atoms with E-state index in [0.717, 1.165) is 24.1 Å². The van der Waals surface area contributed by atoms with E-state index < -0.39 is 17.6 Å². The topological polar surface area (TPSA) is 64.9 Å². The van der Waals surface area contributed by atoms with Crippen LogP contribution in [0.3, 0.4) is 0 Å². The molecule has 0 aliphatic heterocycles. The zero-order valence-corrected chi connectivity index (χ0v) is 21.1. The fourth-order valence-electron chi connectivity index (χ4n) is 3.70. The molecule has 0 spiro atoms. The average molecular weight is 469 g/mol. The fourth-order valence-corrected chi connectivity index (χ4v) is 4.33. The minimum atomic E-state index is -0.712. The van der Waals surface area contributed by atoms with Gasteiger partial charge in [-0.1, -0.05) is 65.3 Å².